The van der Waals surface area contributed by atoms with Crippen molar-refractivity contribution in [3.05, 3.63) is 72.9 Å². The number of hydrogen-bond donors (Lipinski definition) is 0. The molecule has 0 radical (unpaired) electrons. The van der Waals surface area contributed by atoms with Crippen LogP contribution in [0.4, 0.5) is 0 Å². The topological polar surface area (TPSA) is 12.9 Å². The first-order chi connectivity index (χ1) is 10.1. The molecule has 0 aliphatic carbocycles. The quantitative estimate of drug-likeness (QED) is 0.492. The molecule has 106 valence electrons. The van der Waals surface area contributed by atoms with Gasteiger partial charge in [-0.1, -0.05) is 63.4 Å². The summed E-state index contributed by atoms with van der Waals surface area (Å²) in [7, 11) is 0. The lowest BCUT2D eigenvalue weighted by Crippen LogP contribution is -1.89. The van der Waals surface area contributed by atoms with E-state index < -0.39 is 0 Å². The van der Waals surface area contributed by atoms with Crippen LogP contribution in [0.15, 0.2) is 52.3 Å². The molecule has 2 aromatic carbocycles. The summed E-state index contributed by atoms with van der Waals surface area (Å²) in [5.41, 5.74) is 3.11. The minimum absolute atomic E-state index is 0.650. The van der Waals surface area contributed by atoms with Gasteiger partial charge in [0.05, 0.1) is 10.7 Å². The lowest BCUT2D eigenvalue weighted by molar-refractivity contribution is 1.14. The van der Waals surface area contributed by atoms with Gasteiger partial charge in [-0.3, -0.25) is 0 Å². The van der Waals surface area contributed by atoms with E-state index >= 15 is 0 Å². The SMILES string of the molecule is Clc1ccc(Cc2nc(-c3ccccc3Br)cs2)c(Cl)c1. The maximum atomic E-state index is 6.21. The second kappa shape index (κ2) is 6.49. The number of nitrogens with zero attached hydrogens (tertiary/aromatic N) is 1. The predicted molar refractivity (Wildman–Crippen MR) is 94.5 cm³/mol. The minimum Gasteiger partial charge on any atom is -0.241 e. The largest absolute Gasteiger partial charge is 0.241 e. The molecule has 3 aromatic rings. The fraction of sp³-hybridized carbons (Fsp3) is 0.0625. The van der Waals surface area contributed by atoms with Crippen LogP contribution in [0.5, 0.6) is 0 Å². The third kappa shape index (κ3) is 3.49. The molecule has 1 aromatic heterocycles. The Morgan fingerprint density at radius 1 is 1.10 bits per heavy atom. The van der Waals surface area contributed by atoms with E-state index in [1.165, 1.54) is 0 Å². The molecule has 0 bridgehead atoms. The van der Waals surface area contributed by atoms with Gasteiger partial charge in [-0.25, -0.2) is 4.98 Å². The molecule has 0 N–H and O–H groups in total. The van der Waals surface area contributed by atoms with Gasteiger partial charge in [0.2, 0.25) is 0 Å². The number of aromatic nitrogens is 1. The molecule has 0 aliphatic heterocycles. The summed E-state index contributed by atoms with van der Waals surface area (Å²) in [5.74, 6) is 0. The second-order valence-corrected chi connectivity index (χ2v) is 7.16. The highest BCUT2D eigenvalue weighted by Gasteiger charge is 2.09. The van der Waals surface area contributed by atoms with Crippen LogP contribution >= 0.6 is 50.5 Å². The molecular weight excluding hydrogens is 389 g/mol. The highest BCUT2D eigenvalue weighted by atomic mass is 79.9. The Hall–Kier alpha value is -0.870. The molecule has 5 heteroatoms. The third-order valence-corrected chi connectivity index (χ3v) is 5.19. The Morgan fingerprint density at radius 2 is 1.90 bits per heavy atom. The van der Waals surface area contributed by atoms with E-state index in [2.05, 4.69) is 27.4 Å². The molecule has 1 heterocycles. The smallest absolute Gasteiger partial charge is 0.0977 e. The third-order valence-electron chi connectivity index (χ3n) is 3.06. The highest BCUT2D eigenvalue weighted by Crippen LogP contribution is 2.30. The Labute approximate surface area is 145 Å². The van der Waals surface area contributed by atoms with Gasteiger partial charge < -0.3 is 0 Å². The van der Waals surface area contributed by atoms with Crippen LogP contribution < -0.4 is 0 Å². The molecule has 0 fully saturated rings. The molecule has 0 unspecified atom stereocenters. The van der Waals surface area contributed by atoms with Crippen molar-refractivity contribution in [2.24, 2.45) is 0 Å². The summed E-state index contributed by atoms with van der Waals surface area (Å²) in [6, 6.07) is 13.6. The van der Waals surface area contributed by atoms with E-state index in [9.17, 15) is 0 Å². The average Bonchev–Trinajstić information content (AvgIpc) is 2.91. The van der Waals surface area contributed by atoms with Crippen LogP contribution in [0, 0.1) is 0 Å². The molecule has 21 heavy (non-hydrogen) atoms. The maximum absolute atomic E-state index is 6.21. The Morgan fingerprint density at radius 3 is 2.67 bits per heavy atom. The normalized spacial score (nSPS) is 10.8. The molecule has 1 nitrogen and oxygen atoms in total. The first-order valence-electron chi connectivity index (χ1n) is 6.27. The van der Waals surface area contributed by atoms with Crippen LogP contribution in [-0.2, 0) is 6.42 Å². The summed E-state index contributed by atoms with van der Waals surface area (Å²) in [6.07, 6.45) is 0.713. The van der Waals surface area contributed by atoms with Gasteiger partial charge in [-0.15, -0.1) is 11.3 Å². The van der Waals surface area contributed by atoms with Crippen molar-refractivity contribution in [3.8, 4) is 11.3 Å². The van der Waals surface area contributed by atoms with Crippen LogP contribution in [0.1, 0.15) is 10.6 Å². The summed E-state index contributed by atoms with van der Waals surface area (Å²) >= 11 is 17.3. The van der Waals surface area contributed by atoms with Crippen molar-refractivity contribution in [3.63, 3.8) is 0 Å². The summed E-state index contributed by atoms with van der Waals surface area (Å²) in [4.78, 5) is 4.70. The lowest BCUT2D eigenvalue weighted by Gasteiger charge is -2.02. The van der Waals surface area contributed by atoms with Gasteiger partial charge in [0.15, 0.2) is 0 Å². The number of benzene rings is 2. The summed E-state index contributed by atoms with van der Waals surface area (Å²) in [6.45, 7) is 0. The van der Waals surface area contributed by atoms with E-state index in [-0.39, 0.29) is 0 Å². The number of rotatable bonds is 3. The van der Waals surface area contributed by atoms with Gasteiger partial charge in [0.1, 0.15) is 0 Å². The Kier molecular flexibility index (Phi) is 4.65. The van der Waals surface area contributed by atoms with Crippen LogP contribution in [-0.4, -0.2) is 4.98 Å². The molecule has 0 amide bonds. The fourth-order valence-electron chi connectivity index (χ4n) is 2.01. The van der Waals surface area contributed by atoms with Gasteiger partial charge in [-0.05, 0) is 23.8 Å². The highest BCUT2D eigenvalue weighted by molar-refractivity contribution is 9.10. The monoisotopic (exact) mass is 397 g/mol. The standard InChI is InChI=1S/C16H10BrCl2NS/c17-13-4-2-1-3-12(13)15-9-21-16(20-15)7-10-5-6-11(18)8-14(10)19/h1-6,8-9H,7H2. The van der Waals surface area contributed by atoms with Gasteiger partial charge in [0.25, 0.3) is 0 Å². The fourth-order valence-corrected chi connectivity index (χ4v) is 3.79. The molecule has 0 spiro atoms. The number of hydrogen-bond acceptors (Lipinski definition) is 2. The van der Waals surface area contributed by atoms with Crippen LogP contribution in [0.3, 0.4) is 0 Å². The minimum atomic E-state index is 0.650. The van der Waals surface area contributed by atoms with Crippen molar-refractivity contribution in [2.45, 2.75) is 6.42 Å². The van der Waals surface area contributed by atoms with Crippen LogP contribution in [0.25, 0.3) is 11.3 Å². The van der Waals surface area contributed by atoms with Crippen molar-refractivity contribution in [1.29, 1.82) is 0 Å². The summed E-state index contributed by atoms with van der Waals surface area (Å²) in [5, 5.41) is 4.43. The van der Waals surface area contributed by atoms with Crippen molar-refractivity contribution >= 4 is 50.5 Å². The lowest BCUT2D eigenvalue weighted by atomic mass is 10.1. The van der Waals surface area contributed by atoms with Crippen LogP contribution in [0.2, 0.25) is 10.0 Å². The number of halogens is 3. The van der Waals surface area contributed by atoms with Crippen molar-refractivity contribution in [2.75, 3.05) is 0 Å². The molecular formula is C16H10BrCl2NS. The zero-order valence-corrected chi connectivity index (χ0v) is 14.7. The first-order valence-corrected chi connectivity index (χ1v) is 8.69. The summed E-state index contributed by atoms with van der Waals surface area (Å²) < 4.78 is 1.05. The first kappa shape index (κ1) is 15.0. The van der Waals surface area contributed by atoms with Crippen molar-refractivity contribution < 1.29 is 0 Å². The van der Waals surface area contributed by atoms with E-state index in [4.69, 9.17) is 28.2 Å². The molecule has 0 aliphatic rings. The van der Waals surface area contributed by atoms with E-state index in [0.29, 0.717) is 16.5 Å². The molecule has 0 atom stereocenters. The zero-order chi connectivity index (χ0) is 14.8. The Bertz CT molecular complexity index is 785. The maximum Gasteiger partial charge on any atom is 0.0977 e. The number of thiazole rings is 1. The molecule has 0 saturated carbocycles. The van der Waals surface area contributed by atoms with E-state index in [1.807, 2.05) is 30.3 Å². The molecule has 3 rings (SSSR count). The average molecular weight is 399 g/mol. The zero-order valence-electron chi connectivity index (χ0n) is 10.8. The van der Waals surface area contributed by atoms with Gasteiger partial charge in [-0.2, -0.15) is 0 Å². The second-order valence-electron chi connectivity index (χ2n) is 4.52. The van der Waals surface area contributed by atoms with E-state index in [1.54, 1.807) is 17.4 Å². The van der Waals surface area contributed by atoms with E-state index in [0.717, 1.165) is 26.3 Å². The van der Waals surface area contributed by atoms with Gasteiger partial charge in [0, 0.05) is 31.9 Å². The predicted octanol–water partition coefficient (Wildman–Crippen LogP) is 6.47. The Balaban J connectivity index is 1.87. The van der Waals surface area contributed by atoms with Gasteiger partial charge >= 0.3 is 0 Å². The van der Waals surface area contributed by atoms with Crippen molar-refractivity contribution in [1.82, 2.24) is 4.98 Å². The molecule has 0 saturated heterocycles.